The monoisotopic (exact) mass is 327 g/mol. The second-order valence-corrected chi connectivity index (χ2v) is 5.84. The predicted octanol–water partition coefficient (Wildman–Crippen LogP) is 3.69. The molecule has 0 aliphatic rings. The fourth-order valence-electron chi connectivity index (χ4n) is 1.88. The topological polar surface area (TPSA) is 75.0 Å². The molecule has 0 bridgehead atoms. The Morgan fingerprint density at radius 3 is 2.96 bits per heavy atom. The Morgan fingerprint density at radius 2 is 2.17 bits per heavy atom. The lowest BCUT2D eigenvalue weighted by Gasteiger charge is -2.13. The van der Waals surface area contributed by atoms with E-state index in [0.29, 0.717) is 17.3 Å². The molecular formula is C17H17N3O2S. The molecule has 1 amide bonds. The van der Waals surface area contributed by atoms with Crippen molar-refractivity contribution in [3.8, 4) is 17.7 Å². The molecule has 1 heterocycles. The molecule has 0 aliphatic carbocycles. The van der Waals surface area contributed by atoms with Gasteiger partial charge in [-0.15, -0.1) is 11.8 Å². The van der Waals surface area contributed by atoms with Gasteiger partial charge in [0.15, 0.2) is 0 Å². The summed E-state index contributed by atoms with van der Waals surface area (Å²) in [6.07, 6.45) is 1.61. The van der Waals surface area contributed by atoms with Gasteiger partial charge in [-0.3, -0.25) is 4.79 Å². The van der Waals surface area contributed by atoms with Crippen molar-refractivity contribution in [1.29, 1.82) is 5.26 Å². The molecule has 0 spiro atoms. The van der Waals surface area contributed by atoms with Crippen LogP contribution in [0.2, 0.25) is 0 Å². The number of pyridine rings is 1. The molecular weight excluding hydrogens is 310 g/mol. The quantitative estimate of drug-likeness (QED) is 0.819. The minimum atomic E-state index is -0.191. The van der Waals surface area contributed by atoms with Crippen molar-refractivity contribution in [2.24, 2.45) is 0 Å². The molecule has 2 aromatic rings. The summed E-state index contributed by atoms with van der Waals surface area (Å²) in [5.41, 5.74) is 2.66. The zero-order valence-corrected chi connectivity index (χ0v) is 13.8. The minimum absolute atomic E-state index is 0.191. The summed E-state index contributed by atoms with van der Waals surface area (Å²) in [5, 5.41) is 11.3. The van der Waals surface area contributed by atoms with E-state index in [1.165, 1.54) is 11.8 Å². The second-order valence-electron chi connectivity index (χ2n) is 4.86. The number of carbonyl (C=O) groups is 1. The average molecular weight is 327 g/mol. The van der Waals surface area contributed by atoms with Gasteiger partial charge in [0.25, 0.3) is 0 Å². The summed E-state index contributed by atoms with van der Waals surface area (Å²) in [4.78, 5) is 16.1. The first-order chi connectivity index (χ1) is 11.1. The van der Waals surface area contributed by atoms with Crippen LogP contribution in [0.4, 0.5) is 5.69 Å². The van der Waals surface area contributed by atoms with Crippen LogP contribution in [-0.2, 0) is 4.79 Å². The summed E-state index contributed by atoms with van der Waals surface area (Å²) in [7, 11) is 0. The summed E-state index contributed by atoms with van der Waals surface area (Å²) >= 11 is 1.26. The number of rotatable bonds is 6. The third-order valence-corrected chi connectivity index (χ3v) is 4.01. The first kappa shape index (κ1) is 16.8. The van der Waals surface area contributed by atoms with E-state index < -0.39 is 0 Å². The number of anilines is 1. The number of aromatic nitrogens is 1. The molecule has 0 atom stereocenters. The van der Waals surface area contributed by atoms with Gasteiger partial charge in [-0.25, -0.2) is 4.98 Å². The average Bonchev–Trinajstić information content (AvgIpc) is 2.54. The first-order valence-corrected chi connectivity index (χ1v) is 8.21. The Kier molecular flexibility index (Phi) is 6.01. The molecule has 0 unspecified atom stereocenters. The van der Waals surface area contributed by atoms with Crippen molar-refractivity contribution in [2.45, 2.75) is 13.8 Å². The molecule has 0 saturated carbocycles. The number of benzene rings is 1. The SMILES string of the molecule is Cc1cccc(Oc2ncccc2NC(=O)CSCC#N)c1C. The zero-order valence-electron chi connectivity index (χ0n) is 13.0. The Bertz CT molecular complexity index is 741. The number of nitrogens with one attached hydrogen (secondary N) is 1. The predicted molar refractivity (Wildman–Crippen MR) is 91.8 cm³/mol. The highest BCUT2D eigenvalue weighted by molar-refractivity contribution is 8.00. The highest BCUT2D eigenvalue weighted by Gasteiger charge is 2.11. The number of aryl methyl sites for hydroxylation is 1. The number of hydrogen-bond donors (Lipinski definition) is 1. The maximum atomic E-state index is 11.9. The van der Waals surface area contributed by atoms with Gasteiger partial charge < -0.3 is 10.1 Å². The Hall–Kier alpha value is -2.52. The minimum Gasteiger partial charge on any atom is -0.437 e. The highest BCUT2D eigenvalue weighted by atomic mass is 32.2. The molecule has 1 aromatic carbocycles. The van der Waals surface area contributed by atoms with E-state index in [9.17, 15) is 4.79 Å². The Labute approximate surface area is 139 Å². The normalized spacial score (nSPS) is 9.96. The Balaban J connectivity index is 2.13. The number of ether oxygens (including phenoxy) is 1. The van der Waals surface area contributed by atoms with Crippen LogP contribution in [0.15, 0.2) is 36.5 Å². The standard InChI is InChI=1S/C17H17N3O2S/c1-12-5-3-7-15(13(12)2)22-17-14(6-4-9-19-17)20-16(21)11-23-10-8-18/h3-7,9H,10-11H2,1-2H3,(H,20,21). The molecule has 0 saturated heterocycles. The van der Waals surface area contributed by atoms with Gasteiger partial charge in [0.05, 0.1) is 17.6 Å². The second kappa shape index (κ2) is 8.20. The van der Waals surface area contributed by atoms with E-state index in [4.69, 9.17) is 10.00 Å². The van der Waals surface area contributed by atoms with Crippen LogP contribution < -0.4 is 10.1 Å². The van der Waals surface area contributed by atoms with Gasteiger partial charge in [-0.1, -0.05) is 12.1 Å². The first-order valence-electron chi connectivity index (χ1n) is 7.05. The van der Waals surface area contributed by atoms with Gasteiger partial charge >= 0.3 is 0 Å². The van der Waals surface area contributed by atoms with Gasteiger partial charge in [-0.05, 0) is 43.2 Å². The fraction of sp³-hybridized carbons (Fsp3) is 0.235. The van der Waals surface area contributed by atoms with Gasteiger partial charge in [-0.2, -0.15) is 5.26 Å². The van der Waals surface area contributed by atoms with E-state index in [1.807, 2.05) is 38.1 Å². The molecule has 2 rings (SSSR count). The number of thioether (sulfide) groups is 1. The molecule has 5 nitrogen and oxygen atoms in total. The number of amides is 1. The maximum absolute atomic E-state index is 11.9. The van der Waals surface area contributed by atoms with Crippen molar-refractivity contribution in [1.82, 2.24) is 4.98 Å². The summed E-state index contributed by atoms with van der Waals surface area (Å²) < 4.78 is 5.86. The van der Waals surface area contributed by atoms with Crippen molar-refractivity contribution in [3.05, 3.63) is 47.7 Å². The molecule has 23 heavy (non-hydrogen) atoms. The van der Waals surface area contributed by atoms with Gasteiger partial charge in [0.2, 0.25) is 11.8 Å². The molecule has 0 fully saturated rings. The van der Waals surface area contributed by atoms with Gasteiger partial charge in [0, 0.05) is 6.20 Å². The summed E-state index contributed by atoms with van der Waals surface area (Å²) in [6.45, 7) is 3.99. The largest absolute Gasteiger partial charge is 0.437 e. The number of hydrogen-bond acceptors (Lipinski definition) is 5. The molecule has 6 heteroatoms. The van der Waals surface area contributed by atoms with Crippen LogP contribution in [0.5, 0.6) is 11.6 Å². The van der Waals surface area contributed by atoms with Gasteiger partial charge in [0.1, 0.15) is 11.4 Å². The Morgan fingerprint density at radius 1 is 1.35 bits per heavy atom. The lowest BCUT2D eigenvalue weighted by atomic mass is 10.1. The van der Waals surface area contributed by atoms with Crippen LogP contribution >= 0.6 is 11.8 Å². The number of nitrogens with zero attached hydrogens (tertiary/aromatic N) is 2. The van der Waals surface area contributed by atoms with E-state index >= 15 is 0 Å². The third kappa shape index (κ3) is 4.73. The number of carbonyl (C=O) groups excluding carboxylic acids is 1. The van der Waals surface area contributed by atoms with Crippen molar-refractivity contribution in [3.63, 3.8) is 0 Å². The lowest BCUT2D eigenvalue weighted by molar-refractivity contribution is -0.113. The van der Waals surface area contributed by atoms with E-state index in [1.54, 1.807) is 18.3 Å². The highest BCUT2D eigenvalue weighted by Crippen LogP contribution is 2.30. The van der Waals surface area contributed by atoms with E-state index in [2.05, 4.69) is 10.3 Å². The van der Waals surface area contributed by atoms with Crippen LogP contribution in [-0.4, -0.2) is 22.4 Å². The van der Waals surface area contributed by atoms with Crippen molar-refractivity contribution in [2.75, 3.05) is 16.8 Å². The van der Waals surface area contributed by atoms with Crippen molar-refractivity contribution < 1.29 is 9.53 Å². The molecule has 1 N–H and O–H groups in total. The lowest BCUT2D eigenvalue weighted by Crippen LogP contribution is -2.15. The third-order valence-electron chi connectivity index (χ3n) is 3.21. The van der Waals surface area contributed by atoms with Crippen LogP contribution in [0.3, 0.4) is 0 Å². The van der Waals surface area contributed by atoms with Crippen molar-refractivity contribution >= 4 is 23.4 Å². The number of nitriles is 1. The molecule has 118 valence electrons. The smallest absolute Gasteiger partial charge is 0.243 e. The van der Waals surface area contributed by atoms with Crippen LogP contribution in [0.25, 0.3) is 0 Å². The van der Waals surface area contributed by atoms with E-state index in [-0.39, 0.29) is 17.4 Å². The van der Waals surface area contributed by atoms with E-state index in [0.717, 1.165) is 11.1 Å². The summed E-state index contributed by atoms with van der Waals surface area (Å²) in [5.74, 6) is 1.36. The van der Waals surface area contributed by atoms with Crippen LogP contribution in [0, 0.1) is 25.2 Å². The molecule has 0 radical (unpaired) electrons. The maximum Gasteiger partial charge on any atom is 0.243 e. The van der Waals surface area contributed by atoms with Crippen LogP contribution in [0.1, 0.15) is 11.1 Å². The zero-order chi connectivity index (χ0) is 16.7. The molecule has 1 aromatic heterocycles. The summed E-state index contributed by atoms with van der Waals surface area (Å²) in [6, 6.07) is 11.2. The molecule has 0 aliphatic heterocycles. The fourth-order valence-corrected chi connectivity index (χ4v) is 2.33.